The first-order chi connectivity index (χ1) is 8.65. The number of hydrogen-bond donors (Lipinski definition) is 1. The molecule has 0 amide bonds. The molecule has 18 heavy (non-hydrogen) atoms. The Morgan fingerprint density at radius 3 is 2.72 bits per heavy atom. The van der Waals surface area contributed by atoms with Crippen molar-refractivity contribution in [1.29, 1.82) is 0 Å². The van der Waals surface area contributed by atoms with Crippen LogP contribution in [0.2, 0.25) is 0 Å². The SMILES string of the molecule is CCC1CCCCC1OC(=O)C1(C)CCCCN1. The van der Waals surface area contributed by atoms with Gasteiger partial charge in [-0.15, -0.1) is 0 Å². The van der Waals surface area contributed by atoms with Crippen molar-refractivity contribution in [2.24, 2.45) is 5.92 Å². The van der Waals surface area contributed by atoms with E-state index in [0.29, 0.717) is 5.92 Å². The van der Waals surface area contributed by atoms with Crippen molar-refractivity contribution in [3.05, 3.63) is 0 Å². The maximum atomic E-state index is 12.4. The van der Waals surface area contributed by atoms with Crippen LogP contribution in [0, 0.1) is 5.92 Å². The molecule has 2 fully saturated rings. The summed E-state index contributed by atoms with van der Waals surface area (Å²) in [6.07, 6.45) is 9.28. The molecule has 1 N–H and O–H groups in total. The van der Waals surface area contributed by atoms with Gasteiger partial charge in [0.05, 0.1) is 0 Å². The van der Waals surface area contributed by atoms with Crippen LogP contribution in [0.3, 0.4) is 0 Å². The Morgan fingerprint density at radius 1 is 1.28 bits per heavy atom. The minimum absolute atomic E-state index is 0.0208. The van der Waals surface area contributed by atoms with E-state index in [-0.39, 0.29) is 12.1 Å². The lowest BCUT2D eigenvalue weighted by Gasteiger charge is -2.37. The van der Waals surface area contributed by atoms with E-state index in [9.17, 15) is 4.79 Å². The van der Waals surface area contributed by atoms with Gasteiger partial charge in [0, 0.05) is 0 Å². The summed E-state index contributed by atoms with van der Waals surface area (Å²) in [7, 11) is 0. The molecule has 1 saturated heterocycles. The third-order valence-corrected chi connectivity index (χ3v) is 4.69. The molecule has 0 bridgehead atoms. The third-order valence-electron chi connectivity index (χ3n) is 4.69. The summed E-state index contributed by atoms with van der Waals surface area (Å²) in [4.78, 5) is 12.4. The van der Waals surface area contributed by atoms with E-state index in [0.717, 1.165) is 32.2 Å². The molecule has 3 nitrogen and oxygen atoms in total. The molecule has 2 rings (SSSR count). The van der Waals surface area contributed by atoms with Crippen LogP contribution in [0.5, 0.6) is 0 Å². The molecule has 0 aromatic carbocycles. The van der Waals surface area contributed by atoms with Crippen LogP contribution in [0.1, 0.15) is 65.2 Å². The summed E-state index contributed by atoms with van der Waals surface area (Å²) in [6.45, 7) is 5.14. The minimum Gasteiger partial charge on any atom is -0.461 e. The second-order valence-corrected chi connectivity index (χ2v) is 6.11. The molecule has 1 aliphatic carbocycles. The molecule has 2 aliphatic rings. The van der Waals surface area contributed by atoms with Gasteiger partial charge in [0.25, 0.3) is 0 Å². The van der Waals surface area contributed by atoms with Crippen LogP contribution in [-0.4, -0.2) is 24.2 Å². The van der Waals surface area contributed by atoms with E-state index in [2.05, 4.69) is 12.2 Å². The van der Waals surface area contributed by atoms with Gasteiger partial charge in [-0.05, 0) is 64.3 Å². The van der Waals surface area contributed by atoms with Gasteiger partial charge in [-0.1, -0.05) is 13.3 Å². The lowest BCUT2D eigenvalue weighted by atomic mass is 9.84. The average molecular weight is 253 g/mol. The van der Waals surface area contributed by atoms with E-state index in [1.54, 1.807) is 0 Å². The highest BCUT2D eigenvalue weighted by atomic mass is 16.5. The first-order valence-electron chi connectivity index (χ1n) is 7.62. The van der Waals surface area contributed by atoms with Crippen LogP contribution in [0.25, 0.3) is 0 Å². The summed E-state index contributed by atoms with van der Waals surface area (Å²) in [6, 6.07) is 0. The van der Waals surface area contributed by atoms with Crippen LogP contribution in [0.4, 0.5) is 0 Å². The van der Waals surface area contributed by atoms with E-state index in [1.165, 1.54) is 25.7 Å². The fraction of sp³-hybridized carbons (Fsp3) is 0.933. The van der Waals surface area contributed by atoms with Crippen LogP contribution in [-0.2, 0) is 9.53 Å². The van der Waals surface area contributed by atoms with E-state index in [4.69, 9.17) is 4.74 Å². The Bertz CT molecular complexity index is 284. The number of ether oxygens (including phenoxy) is 1. The van der Waals surface area contributed by atoms with Crippen molar-refractivity contribution in [1.82, 2.24) is 5.32 Å². The number of carbonyl (C=O) groups excluding carboxylic acids is 1. The van der Waals surface area contributed by atoms with Crippen molar-refractivity contribution >= 4 is 5.97 Å². The van der Waals surface area contributed by atoms with Gasteiger partial charge in [0.1, 0.15) is 11.6 Å². The van der Waals surface area contributed by atoms with Crippen molar-refractivity contribution < 1.29 is 9.53 Å². The molecule has 3 unspecified atom stereocenters. The van der Waals surface area contributed by atoms with Crippen molar-refractivity contribution in [3.63, 3.8) is 0 Å². The molecular weight excluding hydrogens is 226 g/mol. The Labute approximate surface area is 111 Å². The zero-order valence-electron chi connectivity index (χ0n) is 11.8. The Morgan fingerprint density at radius 2 is 2.06 bits per heavy atom. The van der Waals surface area contributed by atoms with Gasteiger partial charge in [0.2, 0.25) is 0 Å². The zero-order valence-corrected chi connectivity index (χ0v) is 11.8. The second-order valence-electron chi connectivity index (χ2n) is 6.11. The highest BCUT2D eigenvalue weighted by Crippen LogP contribution is 2.31. The van der Waals surface area contributed by atoms with Gasteiger partial charge in [-0.3, -0.25) is 4.79 Å². The maximum Gasteiger partial charge on any atom is 0.326 e. The predicted octanol–water partition coefficient (Wildman–Crippen LogP) is 3.03. The number of rotatable bonds is 3. The second kappa shape index (κ2) is 6.05. The highest BCUT2D eigenvalue weighted by Gasteiger charge is 2.38. The summed E-state index contributed by atoms with van der Waals surface area (Å²) in [5.41, 5.74) is -0.437. The zero-order chi connectivity index (χ0) is 13.0. The van der Waals surface area contributed by atoms with Crippen molar-refractivity contribution in [2.45, 2.75) is 76.9 Å². The van der Waals surface area contributed by atoms with Crippen LogP contribution < -0.4 is 5.32 Å². The number of hydrogen-bond acceptors (Lipinski definition) is 3. The van der Waals surface area contributed by atoms with Gasteiger partial charge >= 0.3 is 5.97 Å². The monoisotopic (exact) mass is 253 g/mol. The summed E-state index contributed by atoms with van der Waals surface area (Å²) in [5.74, 6) is 0.558. The molecule has 0 aromatic heterocycles. The van der Waals surface area contributed by atoms with Crippen LogP contribution in [0.15, 0.2) is 0 Å². The molecule has 1 aliphatic heterocycles. The Balaban J connectivity index is 1.92. The summed E-state index contributed by atoms with van der Waals surface area (Å²) >= 11 is 0. The minimum atomic E-state index is -0.437. The molecule has 104 valence electrons. The standard InChI is InChI=1S/C15H27NO2/c1-3-12-8-4-5-9-13(12)18-14(17)15(2)10-6-7-11-16-15/h12-13,16H,3-11H2,1-2H3. The van der Waals surface area contributed by atoms with Gasteiger partial charge in [-0.25, -0.2) is 0 Å². The number of carbonyl (C=O) groups is 1. The van der Waals surface area contributed by atoms with Crippen molar-refractivity contribution in [3.8, 4) is 0 Å². The molecule has 3 heteroatoms. The molecule has 0 radical (unpaired) electrons. The lowest BCUT2D eigenvalue weighted by Crippen LogP contribution is -2.54. The van der Waals surface area contributed by atoms with Gasteiger partial charge in [-0.2, -0.15) is 0 Å². The molecule has 1 saturated carbocycles. The first-order valence-corrected chi connectivity index (χ1v) is 7.62. The summed E-state index contributed by atoms with van der Waals surface area (Å²) in [5, 5.41) is 3.34. The normalized spacial score (nSPS) is 37.2. The number of esters is 1. The molecule has 0 aromatic rings. The number of piperidine rings is 1. The molecular formula is C15H27NO2. The average Bonchev–Trinajstić information content (AvgIpc) is 2.40. The van der Waals surface area contributed by atoms with Gasteiger partial charge < -0.3 is 10.1 Å². The molecule has 1 heterocycles. The lowest BCUT2D eigenvalue weighted by molar-refractivity contribution is -0.162. The largest absolute Gasteiger partial charge is 0.461 e. The smallest absolute Gasteiger partial charge is 0.326 e. The first kappa shape index (κ1) is 13.9. The fourth-order valence-electron chi connectivity index (χ4n) is 3.29. The van der Waals surface area contributed by atoms with Gasteiger partial charge in [0.15, 0.2) is 0 Å². The maximum absolute atomic E-state index is 12.4. The van der Waals surface area contributed by atoms with Crippen molar-refractivity contribution in [2.75, 3.05) is 6.54 Å². The molecule has 3 atom stereocenters. The summed E-state index contributed by atoms with van der Waals surface area (Å²) < 4.78 is 5.84. The highest BCUT2D eigenvalue weighted by molar-refractivity contribution is 5.80. The Kier molecular flexibility index (Phi) is 4.66. The predicted molar refractivity (Wildman–Crippen MR) is 72.4 cm³/mol. The van der Waals surface area contributed by atoms with Crippen LogP contribution >= 0.6 is 0 Å². The topological polar surface area (TPSA) is 38.3 Å². The van der Waals surface area contributed by atoms with E-state index >= 15 is 0 Å². The number of nitrogens with one attached hydrogen (secondary N) is 1. The Hall–Kier alpha value is -0.570. The fourth-order valence-corrected chi connectivity index (χ4v) is 3.29. The molecule has 0 spiro atoms. The van der Waals surface area contributed by atoms with E-state index < -0.39 is 5.54 Å². The third kappa shape index (κ3) is 3.05. The van der Waals surface area contributed by atoms with E-state index in [1.807, 2.05) is 6.92 Å². The quantitative estimate of drug-likeness (QED) is 0.786.